The smallest absolute Gasteiger partial charge is 0.324 e. The van der Waals surface area contributed by atoms with E-state index >= 15 is 0 Å². The summed E-state index contributed by atoms with van der Waals surface area (Å²) in [5.74, 6) is 0. The molecule has 2 rings (SSSR count). The minimum Gasteiger partial charge on any atom is -0.324 e. The van der Waals surface area contributed by atoms with Gasteiger partial charge in [-0.25, -0.2) is 4.57 Å². The summed E-state index contributed by atoms with van der Waals surface area (Å²) in [5.41, 5.74) is 1.76. The number of hydrogen-bond donors (Lipinski definition) is 2. The van der Waals surface area contributed by atoms with Crippen molar-refractivity contribution in [2.24, 2.45) is 0 Å². The van der Waals surface area contributed by atoms with Crippen molar-refractivity contribution in [2.75, 3.05) is 0 Å². The molecule has 0 fully saturated rings. The SMILES string of the molecule is O=P(O)(O)Cc1ccc(C[n+]2ccccc2)cc1. The van der Waals surface area contributed by atoms with Crippen LogP contribution >= 0.6 is 7.60 Å². The fourth-order valence-corrected chi connectivity index (χ4v) is 2.42. The van der Waals surface area contributed by atoms with Crippen LogP contribution in [0.4, 0.5) is 0 Å². The van der Waals surface area contributed by atoms with Gasteiger partial charge in [0.2, 0.25) is 0 Å². The van der Waals surface area contributed by atoms with E-state index in [-0.39, 0.29) is 6.16 Å². The fourth-order valence-electron chi connectivity index (χ4n) is 1.74. The first-order valence-corrected chi connectivity index (χ1v) is 7.39. The van der Waals surface area contributed by atoms with Gasteiger partial charge in [0.25, 0.3) is 0 Å². The van der Waals surface area contributed by atoms with Crippen molar-refractivity contribution in [3.8, 4) is 0 Å². The zero-order valence-electron chi connectivity index (χ0n) is 9.81. The van der Waals surface area contributed by atoms with E-state index in [9.17, 15) is 4.57 Å². The summed E-state index contributed by atoms with van der Waals surface area (Å²) in [6, 6.07) is 13.2. The van der Waals surface area contributed by atoms with Gasteiger partial charge in [-0.15, -0.1) is 0 Å². The van der Waals surface area contributed by atoms with Crippen LogP contribution in [0.25, 0.3) is 0 Å². The number of aromatic nitrogens is 1. The third-order valence-electron chi connectivity index (χ3n) is 2.55. The summed E-state index contributed by atoms with van der Waals surface area (Å²) >= 11 is 0. The van der Waals surface area contributed by atoms with Gasteiger partial charge in [0.05, 0.1) is 6.16 Å². The first-order valence-electron chi connectivity index (χ1n) is 5.59. The Labute approximate surface area is 106 Å². The van der Waals surface area contributed by atoms with Crippen LogP contribution < -0.4 is 4.57 Å². The number of benzene rings is 1. The van der Waals surface area contributed by atoms with Crippen molar-refractivity contribution >= 4 is 7.60 Å². The first kappa shape index (κ1) is 13.0. The molecule has 1 aromatic heterocycles. The number of rotatable bonds is 4. The molecule has 1 heterocycles. The fraction of sp³-hybridized carbons (Fsp3) is 0.154. The van der Waals surface area contributed by atoms with Crippen molar-refractivity contribution in [3.05, 3.63) is 66.0 Å². The Morgan fingerprint density at radius 2 is 1.50 bits per heavy atom. The molecule has 0 radical (unpaired) electrons. The monoisotopic (exact) mass is 264 g/mol. The minimum atomic E-state index is -3.97. The Hall–Kier alpha value is -1.48. The maximum absolute atomic E-state index is 10.9. The Bertz CT molecular complexity index is 548. The van der Waals surface area contributed by atoms with Crippen LogP contribution in [0.15, 0.2) is 54.9 Å². The molecule has 4 nitrogen and oxygen atoms in total. The molecule has 0 spiro atoms. The second kappa shape index (κ2) is 5.44. The molecule has 0 aliphatic carbocycles. The summed E-state index contributed by atoms with van der Waals surface area (Å²) in [4.78, 5) is 17.8. The molecule has 2 aromatic rings. The minimum absolute atomic E-state index is 0.203. The lowest BCUT2D eigenvalue weighted by molar-refractivity contribution is -0.688. The quantitative estimate of drug-likeness (QED) is 0.652. The molecule has 0 atom stereocenters. The highest BCUT2D eigenvalue weighted by Crippen LogP contribution is 2.38. The topological polar surface area (TPSA) is 61.4 Å². The zero-order chi connectivity index (χ0) is 13.0. The second-order valence-corrected chi connectivity index (χ2v) is 5.83. The van der Waals surface area contributed by atoms with Crippen molar-refractivity contribution in [2.45, 2.75) is 12.7 Å². The van der Waals surface area contributed by atoms with Crippen LogP contribution in [0.1, 0.15) is 11.1 Å². The molecule has 5 heteroatoms. The molecular weight excluding hydrogens is 249 g/mol. The van der Waals surface area contributed by atoms with E-state index in [4.69, 9.17) is 9.79 Å². The van der Waals surface area contributed by atoms with E-state index in [0.717, 1.165) is 12.1 Å². The maximum Gasteiger partial charge on any atom is 0.329 e. The van der Waals surface area contributed by atoms with Crippen molar-refractivity contribution < 1.29 is 18.9 Å². The highest BCUT2D eigenvalue weighted by atomic mass is 31.2. The van der Waals surface area contributed by atoms with Crippen molar-refractivity contribution in [1.82, 2.24) is 0 Å². The maximum atomic E-state index is 10.9. The van der Waals surface area contributed by atoms with Crippen LogP contribution in [0, 0.1) is 0 Å². The third-order valence-corrected chi connectivity index (χ3v) is 3.33. The first-order chi connectivity index (χ1) is 8.53. The van der Waals surface area contributed by atoms with Gasteiger partial charge in [-0.05, 0) is 5.56 Å². The highest BCUT2D eigenvalue weighted by molar-refractivity contribution is 7.50. The summed E-state index contributed by atoms with van der Waals surface area (Å²) < 4.78 is 12.9. The van der Waals surface area contributed by atoms with E-state index in [1.165, 1.54) is 0 Å². The predicted molar refractivity (Wildman–Crippen MR) is 67.9 cm³/mol. The predicted octanol–water partition coefficient (Wildman–Crippen LogP) is 1.70. The molecule has 0 saturated heterocycles. The molecule has 18 heavy (non-hydrogen) atoms. The van der Waals surface area contributed by atoms with Gasteiger partial charge in [-0.1, -0.05) is 30.3 Å². The number of nitrogens with zero attached hydrogens (tertiary/aromatic N) is 1. The van der Waals surface area contributed by atoms with Crippen LogP contribution in [-0.4, -0.2) is 9.79 Å². The molecule has 0 bridgehead atoms. The normalized spacial score (nSPS) is 11.4. The molecule has 0 saturated carbocycles. The van der Waals surface area contributed by atoms with Gasteiger partial charge in [-0.3, -0.25) is 4.57 Å². The van der Waals surface area contributed by atoms with Crippen LogP contribution in [-0.2, 0) is 17.3 Å². The van der Waals surface area contributed by atoms with E-state index < -0.39 is 7.60 Å². The molecule has 0 unspecified atom stereocenters. The standard InChI is InChI=1S/C13H14NO3P/c15-18(16,17)11-13-6-4-12(5-7-13)10-14-8-2-1-3-9-14/h1-9H,10-11H2,(H-,15,16,17)/p+1. The van der Waals surface area contributed by atoms with E-state index in [1.807, 2.05) is 47.3 Å². The molecule has 0 aliphatic rings. The highest BCUT2D eigenvalue weighted by Gasteiger charge is 2.13. The largest absolute Gasteiger partial charge is 0.329 e. The Kier molecular flexibility index (Phi) is 3.92. The van der Waals surface area contributed by atoms with Gasteiger partial charge < -0.3 is 9.79 Å². The van der Waals surface area contributed by atoms with Crippen molar-refractivity contribution in [1.29, 1.82) is 0 Å². The van der Waals surface area contributed by atoms with Crippen LogP contribution in [0.5, 0.6) is 0 Å². The molecule has 0 aliphatic heterocycles. The molecule has 1 aromatic carbocycles. The summed E-state index contributed by atoms with van der Waals surface area (Å²) in [6.45, 7) is 0.747. The van der Waals surface area contributed by atoms with Gasteiger partial charge in [-0.2, -0.15) is 0 Å². The second-order valence-electron chi connectivity index (χ2n) is 4.19. The van der Waals surface area contributed by atoms with Gasteiger partial charge in [0.15, 0.2) is 18.9 Å². The van der Waals surface area contributed by atoms with E-state index in [0.29, 0.717) is 5.56 Å². The van der Waals surface area contributed by atoms with Crippen molar-refractivity contribution in [3.63, 3.8) is 0 Å². The summed E-state index contributed by atoms with van der Waals surface area (Å²) in [7, 11) is -3.97. The third kappa shape index (κ3) is 4.08. The van der Waals surface area contributed by atoms with E-state index in [2.05, 4.69) is 0 Å². The lowest BCUT2D eigenvalue weighted by atomic mass is 10.1. The summed E-state index contributed by atoms with van der Waals surface area (Å²) in [5, 5.41) is 0. The molecular formula is C13H15NO3P+. The van der Waals surface area contributed by atoms with Gasteiger partial charge >= 0.3 is 7.60 Å². The lowest BCUT2D eigenvalue weighted by Gasteiger charge is -2.04. The van der Waals surface area contributed by atoms with Crippen LogP contribution in [0.3, 0.4) is 0 Å². The molecule has 0 amide bonds. The Balaban J connectivity index is 2.06. The van der Waals surface area contributed by atoms with Gasteiger partial charge in [0, 0.05) is 17.7 Å². The molecule has 94 valence electrons. The van der Waals surface area contributed by atoms with Gasteiger partial charge in [0.1, 0.15) is 0 Å². The van der Waals surface area contributed by atoms with E-state index in [1.54, 1.807) is 12.1 Å². The average molecular weight is 264 g/mol. The Morgan fingerprint density at radius 3 is 2.06 bits per heavy atom. The number of pyridine rings is 1. The lowest BCUT2D eigenvalue weighted by Crippen LogP contribution is -2.32. The van der Waals surface area contributed by atoms with Crippen LogP contribution in [0.2, 0.25) is 0 Å². The molecule has 2 N–H and O–H groups in total. The Morgan fingerprint density at radius 1 is 0.944 bits per heavy atom. The number of hydrogen-bond acceptors (Lipinski definition) is 1. The zero-order valence-corrected chi connectivity index (χ0v) is 10.7. The summed E-state index contributed by atoms with van der Waals surface area (Å²) in [6.07, 6.45) is 3.75. The average Bonchev–Trinajstić information content (AvgIpc) is 2.31.